The maximum Gasteiger partial charge on any atom is 0.254 e. The Balaban J connectivity index is 1.57. The molecule has 4 nitrogen and oxygen atoms in total. The minimum Gasteiger partial charge on any atom is -0.352 e. The van der Waals surface area contributed by atoms with Crippen molar-refractivity contribution in [3.8, 4) is 0 Å². The van der Waals surface area contributed by atoms with Gasteiger partial charge in [-0.1, -0.05) is 56.9 Å². The van der Waals surface area contributed by atoms with Crippen LogP contribution in [0.4, 0.5) is 0 Å². The lowest BCUT2D eigenvalue weighted by Gasteiger charge is -2.45. The number of nitrogens with zero attached hydrogens (tertiary/aromatic N) is 1. The topological polar surface area (TPSA) is 49.4 Å². The zero-order valence-corrected chi connectivity index (χ0v) is 19.1. The van der Waals surface area contributed by atoms with Crippen molar-refractivity contribution in [2.24, 2.45) is 5.92 Å². The summed E-state index contributed by atoms with van der Waals surface area (Å²) in [4.78, 5) is 30.8. The minimum absolute atomic E-state index is 0.0834. The SMILES string of the molecule is CC1CCCCC1NC(=O)C1c2ccccc2C(=O)N(C2CCCC2)C1c1cccs1. The third kappa shape index (κ3) is 3.82. The van der Waals surface area contributed by atoms with E-state index in [1.165, 1.54) is 19.3 Å². The Kier molecular flexibility index (Phi) is 5.87. The fraction of sp³-hybridized carbons (Fsp3) is 0.538. The van der Waals surface area contributed by atoms with E-state index in [9.17, 15) is 9.59 Å². The third-order valence-electron chi connectivity index (χ3n) is 7.65. The Morgan fingerprint density at radius 1 is 1.00 bits per heavy atom. The summed E-state index contributed by atoms with van der Waals surface area (Å²) in [5.74, 6) is 0.322. The predicted molar refractivity (Wildman–Crippen MR) is 124 cm³/mol. The Morgan fingerprint density at radius 2 is 1.74 bits per heavy atom. The maximum absolute atomic E-state index is 13.9. The molecule has 0 saturated heterocycles. The van der Waals surface area contributed by atoms with Gasteiger partial charge in [-0.3, -0.25) is 9.59 Å². The van der Waals surface area contributed by atoms with Crippen LogP contribution in [-0.2, 0) is 4.79 Å². The fourth-order valence-corrected chi connectivity index (χ4v) is 6.84. The molecule has 1 aromatic heterocycles. The van der Waals surface area contributed by atoms with Crippen molar-refractivity contribution in [2.45, 2.75) is 82.3 Å². The van der Waals surface area contributed by atoms with Gasteiger partial charge in [0.15, 0.2) is 0 Å². The van der Waals surface area contributed by atoms with Crippen LogP contribution in [-0.4, -0.2) is 28.8 Å². The first kappa shape index (κ1) is 20.7. The molecular formula is C26H32N2O2S. The second kappa shape index (κ2) is 8.78. The second-order valence-corrected chi connectivity index (χ2v) is 10.5. The van der Waals surface area contributed by atoms with E-state index in [1.807, 2.05) is 30.3 Å². The lowest BCUT2D eigenvalue weighted by molar-refractivity contribution is -0.125. The van der Waals surface area contributed by atoms with Crippen LogP contribution in [0, 0.1) is 5.92 Å². The van der Waals surface area contributed by atoms with Gasteiger partial charge in [0.2, 0.25) is 5.91 Å². The molecule has 31 heavy (non-hydrogen) atoms. The first-order valence-corrected chi connectivity index (χ1v) is 12.8. The molecule has 4 atom stereocenters. The molecule has 2 saturated carbocycles. The van der Waals surface area contributed by atoms with Crippen LogP contribution >= 0.6 is 11.3 Å². The van der Waals surface area contributed by atoms with Crippen molar-refractivity contribution in [3.05, 3.63) is 57.8 Å². The molecule has 1 aliphatic heterocycles. The number of nitrogens with one attached hydrogen (secondary N) is 1. The van der Waals surface area contributed by atoms with Crippen LogP contribution in [0.2, 0.25) is 0 Å². The summed E-state index contributed by atoms with van der Waals surface area (Å²) in [5, 5.41) is 5.49. The molecule has 5 rings (SSSR count). The predicted octanol–water partition coefficient (Wildman–Crippen LogP) is 5.67. The van der Waals surface area contributed by atoms with Crippen molar-refractivity contribution in [2.75, 3.05) is 0 Å². The summed E-state index contributed by atoms with van der Waals surface area (Å²) in [5.41, 5.74) is 1.60. The van der Waals surface area contributed by atoms with Crippen LogP contribution in [0.25, 0.3) is 0 Å². The molecule has 4 unspecified atom stereocenters. The number of carbonyl (C=O) groups is 2. The fourth-order valence-electron chi connectivity index (χ4n) is 5.98. The van der Waals surface area contributed by atoms with Gasteiger partial charge in [-0.25, -0.2) is 0 Å². The molecule has 2 aromatic rings. The molecule has 2 aliphatic carbocycles. The lowest BCUT2D eigenvalue weighted by atomic mass is 9.79. The van der Waals surface area contributed by atoms with Gasteiger partial charge in [-0.2, -0.15) is 0 Å². The molecule has 1 aromatic carbocycles. The zero-order chi connectivity index (χ0) is 21.4. The summed E-state index contributed by atoms with van der Waals surface area (Å²) < 4.78 is 0. The molecule has 5 heteroatoms. The summed E-state index contributed by atoms with van der Waals surface area (Å²) in [6.07, 6.45) is 9.03. The standard InChI is InChI=1S/C26H32N2O2S/c1-17-9-2-7-14-21(17)27-25(29)23-19-12-5-6-13-20(19)26(30)28(18-10-3-4-11-18)24(23)22-15-8-16-31-22/h5-6,8,12-13,15-18,21,23-24H,2-4,7,9-11,14H2,1H3,(H,27,29). The third-order valence-corrected chi connectivity index (χ3v) is 8.59. The van der Waals surface area contributed by atoms with E-state index in [4.69, 9.17) is 0 Å². The van der Waals surface area contributed by atoms with Crippen LogP contribution in [0.15, 0.2) is 41.8 Å². The highest BCUT2D eigenvalue weighted by atomic mass is 32.1. The number of amides is 2. The quantitative estimate of drug-likeness (QED) is 0.672. The van der Waals surface area contributed by atoms with Crippen molar-refractivity contribution < 1.29 is 9.59 Å². The molecule has 0 bridgehead atoms. The number of fused-ring (bicyclic) bond motifs is 1. The molecule has 0 radical (unpaired) electrons. The molecular weight excluding hydrogens is 404 g/mol. The average molecular weight is 437 g/mol. The minimum atomic E-state index is -0.359. The van der Waals surface area contributed by atoms with Crippen molar-refractivity contribution >= 4 is 23.2 Å². The van der Waals surface area contributed by atoms with E-state index in [-0.39, 0.29) is 35.9 Å². The second-order valence-electron chi connectivity index (χ2n) is 9.55. The van der Waals surface area contributed by atoms with E-state index in [1.54, 1.807) is 11.3 Å². The van der Waals surface area contributed by atoms with E-state index >= 15 is 0 Å². The van der Waals surface area contributed by atoms with Crippen LogP contribution in [0.1, 0.15) is 91.0 Å². The molecule has 164 valence electrons. The van der Waals surface area contributed by atoms with Gasteiger partial charge in [-0.05, 0) is 54.7 Å². The Morgan fingerprint density at radius 3 is 2.48 bits per heavy atom. The normalized spacial score (nSPS) is 29.1. The molecule has 2 amide bonds. The molecule has 1 N–H and O–H groups in total. The van der Waals surface area contributed by atoms with Gasteiger partial charge in [0.1, 0.15) is 0 Å². The summed E-state index contributed by atoms with van der Waals surface area (Å²) in [7, 11) is 0. The molecule has 0 spiro atoms. The number of carbonyl (C=O) groups excluding carboxylic acids is 2. The van der Waals surface area contributed by atoms with Crippen molar-refractivity contribution in [1.82, 2.24) is 10.2 Å². The van der Waals surface area contributed by atoms with E-state index < -0.39 is 0 Å². The van der Waals surface area contributed by atoms with Crippen LogP contribution in [0.3, 0.4) is 0 Å². The zero-order valence-electron chi connectivity index (χ0n) is 18.3. The van der Waals surface area contributed by atoms with Gasteiger partial charge in [0.25, 0.3) is 5.91 Å². The smallest absolute Gasteiger partial charge is 0.254 e. The number of benzene rings is 1. The van der Waals surface area contributed by atoms with Crippen molar-refractivity contribution in [3.63, 3.8) is 0 Å². The maximum atomic E-state index is 13.9. The Labute approximate surface area is 189 Å². The highest BCUT2D eigenvalue weighted by Gasteiger charge is 2.47. The van der Waals surface area contributed by atoms with Gasteiger partial charge < -0.3 is 10.2 Å². The van der Waals surface area contributed by atoms with Crippen LogP contribution < -0.4 is 5.32 Å². The molecule has 2 fully saturated rings. The van der Waals surface area contributed by atoms with E-state index in [0.717, 1.165) is 42.5 Å². The Hall–Kier alpha value is -2.14. The first-order valence-electron chi connectivity index (χ1n) is 11.9. The lowest BCUT2D eigenvalue weighted by Crippen LogP contribution is -2.52. The monoisotopic (exact) mass is 436 g/mol. The van der Waals surface area contributed by atoms with Gasteiger partial charge in [-0.15, -0.1) is 11.3 Å². The number of thiophene rings is 1. The van der Waals surface area contributed by atoms with Crippen molar-refractivity contribution in [1.29, 1.82) is 0 Å². The van der Waals surface area contributed by atoms with E-state index in [0.29, 0.717) is 11.5 Å². The van der Waals surface area contributed by atoms with Gasteiger partial charge in [0.05, 0.1) is 12.0 Å². The summed E-state index contributed by atoms with van der Waals surface area (Å²) >= 11 is 1.66. The molecule has 2 heterocycles. The summed E-state index contributed by atoms with van der Waals surface area (Å²) in [6.45, 7) is 2.25. The van der Waals surface area contributed by atoms with Crippen LogP contribution in [0.5, 0.6) is 0 Å². The summed E-state index contributed by atoms with van der Waals surface area (Å²) in [6, 6.07) is 12.2. The first-order chi connectivity index (χ1) is 15.1. The number of hydrogen-bond donors (Lipinski definition) is 1. The average Bonchev–Trinajstić information content (AvgIpc) is 3.49. The number of hydrogen-bond acceptors (Lipinski definition) is 3. The van der Waals surface area contributed by atoms with Gasteiger partial charge in [0, 0.05) is 22.5 Å². The Bertz CT molecular complexity index is 935. The largest absolute Gasteiger partial charge is 0.352 e. The van der Waals surface area contributed by atoms with Gasteiger partial charge >= 0.3 is 0 Å². The molecule has 3 aliphatic rings. The van der Waals surface area contributed by atoms with E-state index in [2.05, 4.69) is 28.6 Å². The number of rotatable bonds is 4. The highest BCUT2D eigenvalue weighted by Crippen LogP contribution is 2.47. The highest BCUT2D eigenvalue weighted by molar-refractivity contribution is 7.10.